The van der Waals surface area contributed by atoms with E-state index < -0.39 is 0 Å². The quantitative estimate of drug-likeness (QED) is 0.681. The minimum atomic E-state index is -0.204. The zero-order chi connectivity index (χ0) is 10.5. The van der Waals surface area contributed by atoms with E-state index in [1.165, 1.54) is 6.92 Å². The second-order valence-electron chi connectivity index (χ2n) is 5.20. The van der Waals surface area contributed by atoms with Crippen molar-refractivity contribution in [3.05, 3.63) is 0 Å². The zero-order valence-electron chi connectivity index (χ0n) is 8.96. The predicted octanol–water partition coefficient (Wildman–Crippen LogP) is 1.13. The molecule has 3 nitrogen and oxygen atoms in total. The molecule has 3 saturated carbocycles. The van der Waals surface area contributed by atoms with E-state index >= 15 is 0 Å². The normalized spacial score (nSPS) is 38.8. The Hall–Kier alpha value is -0.860. The summed E-state index contributed by atoms with van der Waals surface area (Å²) in [6.45, 7) is 5.79. The van der Waals surface area contributed by atoms with Crippen LogP contribution in [0.25, 0.3) is 0 Å². The van der Waals surface area contributed by atoms with E-state index in [1.54, 1.807) is 0 Å². The standard InChI is InChI=1S/C11H17NO2/c1-6(13)12-9-5-7-4-8(10(9)14)11(7,2)3/h7-9H,4-5H2,1-3H3,(H,12,13). The van der Waals surface area contributed by atoms with E-state index in [1.807, 2.05) is 0 Å². The van der Waals surface area contributed by atoms with Crippen LogP contribution in [0.3, 0.4) is 0 Å². The van der Waals surface area contributed by atoms with Gasteiger partial charge >= 0.3 is 0 Å². The van der Waals surface area contributed by atoms with Gasteiger partial charge < -0.3 is 5.32 Å². The fourth-order valence-corrected chi connectivity index (χ4v) is 2.92. The van der Waals surface area contributed by atoms with Gasteiger partial charge in [0.1, 0.15) is 0 Å². The number of carbonyl (C=O) groups is 2. The molecule has 1 N–H and O–H groups in total. The van der Waals surface area contributed by atoms with Gasteiger partial charge in [0.05, 0.1) is 6.04 Å². The van der Waals surface area contributed by atoms with Crippen molar-refractivity contribution in [2.75, 3.05) is 0 Å². The second-order valence-corrected chi connectivity index (χ2v) is 5.20. The molecule has 3 rings (SSSR count). The third kappa shape index (κ3) is 1.18. The molecule has 0 aliphatic heterocycles. The minimum Gasteiger partial charge on any atom is -0.347 e. The summed E-state index contributed by atoms with van der Waals surface area (Å²) in [5.41, 5.74) is 0.173. The zero-order valence-corrected chi connectivity index (χ0v) is 8.96. The lowest BCUT2D eigenvalue weighted by Crippen LogP contribution is -2.61. The highest BCUT2D eigenvalue weighted by atomic mass is 16.2. The lowest BCUT2D eigenvalue weighted by atomic mass is 9.47. The van der Waals surface area contributed by atoms with E-state index in [4.69, 9.17) is 0 Å². The summed E-state index contributed by atoms with van der Waals surface area (Å²) in [4.78, 5) is 22.8. The van der Waals surface area contributed by atoms with Gasteiger partial charge in [0, 0.05) is 12.8 Å². The van der Waals surface area contributed by atoms with Gasteiger partial charge in [0.2, 0.25) is 5.91 Å². The van der Waals surface area contributed by atoms with Gasteiger partial charge in [-0.15, -0.1) is 0 Å². The largest absolute Gasteiger partial charge is 0.347 e. The van der Waals surface area contributed by atoms with Crippen LogP contribution >= 0.6 is 0 Å². The highest BCUT2D eigenvalue weighted by Crippen LogP contribution is 2.57. The molecule has 0 heterocycles. The predicted molar refractivity (Wildman–Crippen MR) is 52.6 cm³/mol. The Morgan fingerprint density at radius 2 is 2.07 bits per heavy atom. The molecule has 0 saturated heterocycles. The maximum Gasteiger partial charge on any atom is 0.217 e. The molecule has 3 aliphatic rings. The minimum absolute atomic E-state index is 0.0949. The first-order valence-electron chi connectivity index (χ1n) is 5.23. The van der Waals surface area contributed by atoms with E-state index in [0.29, 0.717) is 5.92 Å². The van der Waals surface area contributed by atoms with Gasteiger partial charge in [-0.3, -0.25) is 9.59 Å². The Balaban J connectivity index is 2.08. The summed E-state index contributed by atoms with van der Waals surface area (Å²) < 4.78 is 0. The molecular weight excluding hydrogens is 178 g/mol. The maximum absolute atomic E-state index is 11.9. The second kappa shape index (κ2) is 2.81. The third-order valence-electron chi connectivity index (χ3n) is 4.06. The van der Waals surface area contributed by atoms with Crippen LogP contribution in [0.15, 0.2) is 0 Å². The SMILES string of the molecule is CC(=O)NC1CC2CC(C1=O)C2(C)C. The fourth-order valence-electron chi connectivity index (χ4n) is 2.92. The molecule has 14 heavy (non-hydrogen) atoms. The number of hydrogen-bond acceptors (Lipinski definition) is 2. The lowest BCUT2D eigenvalue weighted by molar-refractivity contribution is -0.154. The molecule has 78 valence electrons. The Kier molecular flexibility index (Phi) is 1.95. The van der Waals surface area contributed by atoms with Crippen LogP contribution in [-0.2, 0) is 9.59 Å². The summed E-state index contributed by atoms with van der Waals surface area (Å²) in [5.74, 6) is 0.940. The molecule has 3 atom stereocenters. The van der Waals surface area contributed by atoms with Crippen LogP contribution in [-0.4, -0.2) is 17.7 Å². The molecule has 3 heteroatoms. The van der Waals surface area contributed by atoms with Crippen molar-refractivity contribution < 1.29 is 9.59 Å². The summed E-state index contributed by atoms with van der Waals surface area (Å²) >= 11 is 0. The smallest absolute Gasteiger partial charge is 0.217 e. The first-order chi connectivity index (χ1) is 6.43. The molecule has 0 radical (unpaired) electrons. The number of carbonyl (C=O) groups excluding carboxylic acids is 2. The van der Waals surface area contributed by atoms with Gasteiger partial charge in [0.25, 0.3) is 0 Å². The number of ketones is 1. The van der Waals surface area contributed by atoms with Crippen molar-refractivity contribution in [1.82, 2.24) is 5.32 Å². The topological polar surface area (TPSA) is 46.2 Å². The van der Waals surface area contributed by atoms with Crippen LogP contribution in [0.1, 0.15) is 33.6 Å². The molecule has 0 aromatic rings. The average Bonchev–Trinajstić information content (AvgIpc) is 2.06. The molecule has 0 aromatic heterocycles. The van der Waals surface area contributed by atoms with Crippen molar-refractivity contribution in [1.29, 1.82) is 0 Å². The van der Waals surface area contributed by atoms with Crippen molar-refractivity contribution in [3.63, 3.8) is 0 Å². The number of rotatable bonds is 1. The van der Waals surface area contributed by atoms with E-state index in [-0.39, 0.29) is 29.1 Å². The highest BCUT2D eigenvalue weighted by Gasteiger charge is 2.57. The Bertz CT molecular complexity index is 296. The summed E-state index contributed by atoms with van der Waals surface area (Å²) in [7, 11) is 0. The van der Waals surface area contributed by atoms with Gasteiger partial charge in [-0.1, -0.05) is 13.8 Å². The molecular formula is C11H17NO2. The molecule has 1 amide bonds. The van der Waals surface area contributed by atoms with Gasteiger partial charge in [-0.2, -0.15) is 0 Å². The van der Waals surface area contributed by atoms with Crippen LogP contribution in [0.4, 0.5) is 0 Å². The average molecular weight is 195 g/mol. The van der Waals surface area contributed by atoms with E-state index in [2.05, 4.69) is 19.2 Å². The Labute approximate surface area is 84.2 Å². The highest BCUT2D eigenvalue weighted by molar-refractivity contribution is 5.92. The van der Waals surface area contributed by atoms with E-state index in [0.717, 1.165) is 12.8 Å². The van der Waals surface area contributed by atoms with Gasteiger partial charge in [-0.05, 0) is 24.2 Å². The molecule has 2 bridgehead atoms. The molecule has 3 fully saturated rings. The van der Waals surface area contributed by atoms with Crippen LogP contribution < -0.4 is 5.32 Å². The Morgan fingerprint density at radius 1 is 1.43 bits per heavy atom. The van der Waals surface area contributed by atoms with Crippen LogP contribution in [0.5, 0.6) is 0 Å². The van der Waals surface area contributed by atoms with Gasteiger partial charge in [-0.25, -0.2) is 0 Å². The van der Waals surface area contributed by atoms with Crippen molar-refractivity contribution >= 4 is 11.7 Å². The molecule has 3 aliphatic carbocycles. The van der Waals surface area contributed by atoms with Crippen molar-refractivity contribution in [2.24, 2.45) is 17.3 Å². The number of nitrogens with one attached hydrogen (secondary N) is 1. The number of hydrogen-bond donors (Lipinski definition) is 1. The summed E-state index contributed by atoms with van der Waals surface area (Å²) in [6.07, 6.45) is 1.86. The van der Waals surface area contributed by atoms with Crippen molar-refractivity contribution in [2.45, 2.75) is 39.7 Å². The summed E-state index contributed by atoms with van der Waals surface area (Å²) in [6, 6.07) is -0.204. The maximum atomic E-state index is 11.9. The first kappa shape index (κ1) is 9.69. The van der Waals surface area contributed by atoms with E-state index in [9.17, 15) is 9.59 Å². The monoisotopic (exact) mass is 195 g/mol. The first-order valence-corrected chi connectivity index (χ1v) is 5.23. The number of Topliss-reactive ketones (excluding diaryl/α,β-unsaturated/α-hetero) is 1. The van der Waals surface area contributed by atoms with Gasteiger partial charge in [0.15, 0.2) is 5.78 Å². The fraction of sp³-hybridized carbons (Fsp3) is 0.818. The summed E-state index contributed by atoms with van der Waals surface area (Å²) in [5, 5.41) is 2.74. The van der Waals surface area contributed by atoms with Crippen LogP contribution in [0.2, 0.25) is 0 Å². The van der Waals surface area contributed by atoms with Crippen molar-refractivity contribution in [3.8, 4) is 0 Å². The number of fused-ring (bicyclic) bond motifs is 2. The lowest BCUT2D eigenvalue weighted by Gasteiger charge is -2.57. The molecule has 0 spiro atoms. The molecule has 3 unspecified atom stereocenters. The Morgan fingerprint density at radius 3 is 2.50 bits per heavy atom. The number of amides is 1. The van der Waals surface area contributed by atoms with Crippen LogP contribution in [0, 0.1) is 17.3 Å². The molecule has 0 aromatic carbocycles. The third-order valence-corrected chi connectivity index (χ3v) is 4.06.